The molecule has 1 aromatic heterocycles. The molecule has 0 spiro atoms. The summed E-state index contributed by atoms with van der Waals surface area (Å²) >= 11 is 4.92. The molecule has 4 rings (SSSR count). The number of fused-ring (bicyclic) bond motifs is 3. The summed E-state index contributed by atoms with van der Waals surface area (Å²) in [6, 6.07) is 12.8. The van der Waals surface area contributed by atoms with E-state index < -0.39 is 18.8 Å². The topological polar surface area (TPSA) is 106 Å². The molecule has 31 heavy (non-hydrogen) atoms. The normalized spacial score (nSPS) is 14.3. The molecule has 3 aromatic rings. The van der Waals surface area contributed by atoms with E-state index in [1.54, 1.807) is 30.3 Å². The van der Waals surface area contributed by atoms with E-state index in [1.807, 2.05) is 18.2 Å². The standard InChI is InChI=1S/C21H17BrN4O4S/c1-2-9-31-21-24-20-18(25-26-21)15-10-13(22)5-8-16(15)23-19(30-20)12-3-6-14(7-4-12)29-11-17(27)28/h2-8,10,19,23H,1,9,11H2,(H,27,28)/t19-/m0/s1. The van der Waals surface area contributed by atoms with Gasteiger partial charge in [-0.15, -0.1) is 16.8 Å². The number of halogens is 1. The molecule has 1 aliphatic heterocycles. The fourth-order valence-corrected chi connectivity index (χ4v) is 3.77. The van der Waals surface area contributed by atoms with Gasteiger partial charge in [-0.05, 0) is 42.5 Å². The number of carbonyl (C=O) groups is 1. The van der Waals surface area contributed by atoms with Crippen molar-refractivity contribution < 1.29 is 19.4 Å². The Morgan fingerprint density at radius 2 is 2.10 bits per heavy atom. The summed E-state index contributed by atoms with van der Waals surface area (Å²) in [5, 5.41) is 21.2. The highest BCUT2D eigenvalue weighted by Gasteiger charge is 2.26. The van der Waals surface area contributed by atoms with Crippen LogP contribution in [0.3, 0.4) is 0 Å². The van der Waals surface area contributed by atoms with E-state index in [9.17, 15) is 4.79 Å². The van der Waals surface area contributed by atoms with Gasteiger partial charge in [0, 0.05) is 27.0 Å². The van der Waals surface area contributed by atoms with Gasteiger partial charge in [0.15, 0.2) is 18.5 Å². The predicted octanol–water partition coefficient (Wildman–Crippen LogP) is 4.55. The average Bonchev–Trinajstić information content (AvgIpc) is 2.93. The Morgan fingerprint density at radius 3 is 2.84 bits per heavy atom. The predicted molar refractivity (Wildman–Crippen MR) is 120 cm³/mol. The van der Waals surface area contributed by atoms with Crippen LogP contribution < -0.4 is 14.8 Å². The third-order valence-corrected chi connectivity index (χ3v) is 5.59. The minimum Gasteiger partial charge on any atom is -0.482 e. The highest BCUT2D eigenvalue weighted by Crippen LogP contribution is 2.40. The summed E-state index contributed by atoms with van der Waals surface area (Å²) in [5.74, 6) is 0.440. The van der Waals surface area contributed by atoms with Crippen LogP contribution in [0.1, 0.15) is 11.8 Å². The molecule has 2 aromatic carbocycles. The maximum atomic E-state index is 10.7. The van der Waals surface area contributed by atoms with Gasteiger partial charge in [-0.25, -0.2) is 4.79 Å². The maximum absolute atomic E-state index is 10.7. The molecular formula is C21H17BrN4O4S. The number of carboxylic acids is 1. The molecule has 1 atom stereocenters. The largest absolute Gasteiger partial charge is 0.482 e. The molecule has 8 nitrogen and oxygen atoms in total. The molecule has 0 unspecified atom stereocenters. The van der Waals surface area contributed by atoms with Crippen LogP contribution in [0.2, 0.25) is 0 Å². The summed E-state index contributed by atoms with van der Waals surface area (Å²) in [6.07, 6.45) is 1.22. The monoisotopic (exact) mass is 500 g/mol. The Kier molecular flexibility index (Phi) is 6.38. The summed E-state index contributed by atoms with van der Waals surface area (Å²) in [4.78, 5) is 15.2. The average molecular weight is 501 g/mol. The van der Waals surface area contributed by atoms with E-state index in [1.165, 1.54) is 11.8 Å². The van der Waals surface area contributed by atoms with Crippen molar-refractivity contribution in [2.24, 2.45) is 0 Å². The van der Waals surface area contributed by atoms with Gasteiger partial charge >= 0.3 is 5.97 Å². The van der Waals surface area contributed by atoms with Crippen LogP contribution in [-0.2, 0) is 4.79 Å². The second-order valence-electron chi connectivity index (χ2n) is 6.43. The summed E-state index contributed by atoms with van der Waals surface area (Å²) in [6.45, 7) is 3.31. The molecule has 0 bridgehead atoms. The van der Waals surface area contributed by atoms with Crippen LogP contribution in [0.25, 0.3) is 11.3 Å². The molecule has 0 fully saturated rings. The van der Waals surface area contributed by atoms with Gasteiger partial charge in [-0.3, -0.25) is 0 Å². The SMILES string of the molecule is C=CCSc1nnc2c(n1)O[C@@H](c1ccc(OCC(=O)O)cc1)Nc1ccc(Br)cc1-2. The van der Waals surface area contributed by atoms with E-state index >= 15 is 0 Å². The molecule has 10 heteroatoms. The summed E-state index contributed by atoms with van der Waals surface area (Å²) < 4.78 is 12.3. The van der Waals surface area contributed by atoms with E-state index in [-0.39, 0.29) is 0 Å². The lowest BCUT2D eigenvalue weighted by atomic mass is 10.1. The number of anilines is 1. The Labute approximate surface area is 190 Å². The first-order chi connectivity index (χ1) is 15.0. The van der Waals surface area contributed by atoms with Crippen LogP contribution >= 0.6 is 27.7 Å². The number of aliphatic carboxylic acids is 1. The lowest BCUT2D eigenvalue weighted by Gasteiger charge is -2.19. The number of rotatable bonds is 7. The number of benzene rings is 2. The third-order valence-electron chi connectivity index (χ3n) is 4.26. The summed E-state index contributed by atoms with van der Waals surface area (Å²) in [7, 11) is 0. The van der Waals surface area contributed by atoms with Crippen LogP contribution in [-0.4, -0.2) is 38.6 Å². The number of thioether (sulfide) groups is 1. The maximum Gasteiger partial charge on any atom is 0.341 e. The minimum atomic E-state index is -1.03. The Hall–Kier alpha value is -3.11. The first-order valence-corrected chi connectivity index (χ1v) is 11.0. The molecular weight excluding hydrogens is 484 g/mol. The summed E-state index contributed by atoms with van der Waals surface area (Å²) in [5.41, 5.74) is 2.98. The number of nitrogens with one attached hydrogen (secondary N) is 1. The molecule has 0 saturated heterocycles. The fraction of sp³-hybridized carbons (Fsp3) is 0.143. The fourth-order valence-electron chi connectivity index (χ4n) is 2.90. The van der Waals surface area contributed by atoms with E-state index in [0.29, 0.717) is 28.2 Å². The van der Waals surface area contributed by atoms with Gasteiger partial charge in [0.25, 0.3) is 0 Å². The molecule has 0 amide bonds. The zero-order chi connectivity index (χ0) is 21.8. The van der Waals surface area contributed by atoms with Crippen molar-refractivity contribution in [1.82, 2.24) is 15.2 Å². The molecule has 0 radical (unpaired) electrons. The van der Waals surface area contributed by atoms with Gasteiger partial charge in [-0.1, -0.05) is 33.8 Å². The number of nitrogens with zero attached hydrogens (tertiary/aromatic N) is 3. The minimum absolute atomic E-state index is 0.363. The molecule has 2 heterocycles. The van der Waals surface area contributed by atoms with Gasteiger partial charge in [0.1, 0.15) is 5.75 Å². The van der Waals surface area contributed by atoms with Crippen molar-refractivity contribution in [3.8, 4) is 22.9 Å². The van der Waals surface area contributed by atoms with Crippen molar-refractivity contribution in [1.29, 1.82) is 0 Å². The zero-order valence-electron chi connectivity index (χ0n) is 16.1. The third kappa shape index (κ3) is 4.97. The first-order valence-electron chi connectivity index (χ1n) is 9.19. The number of ether oxygens (including phenoxy) is 2. The molecule has 0 saturated carbocycles. The van der Waals surface area contributed by atoms with E-state index in [0.717, 1.165) is 21.3 Å². The number of hydrogen-bond acceptors (Lipinski definition) is 8. The van der Waals surface area contributed by atoms with Crippen LogP contribution in [0.4, 0.5) is 5.69 Å². The van der Waals surface area contributed by atoms with Crippen LogP contribution in [0.15, 0.2) is 64.7 Å². The van der Waals surface area contributed by atoms with Gasteiger partial charge < -0.3 is 19.9 Å². The quantitative estimate of drug-likeness (QED) is 0.356. The Bertz CT molecular complexity index is 1130. The lowest BCUT2D eigenvalue weighted by molar-refractivity contribution is -0.139. The van der Waals surface area contributed by atoms with Crippen molar-refractivity contribution in [2.75, 3.05) is 17.7 Å². The first kappa shape index (κ1) is 21.1. The molecule has 0 aliphatic carbocycles. The smallest absolute Gasteiger partial charge is 0.341 e. The van der Waals surface area contributed by atoms with Crippen LogP contribution in [0, 0.1) is 0 Å². The molecule has 158 valence electrons. The number of hydrogen-bond donors (Lipinski definition) is 2. The van der Waals surface area contributed by atoms with E-state index in [2.05, 4.69) is 43.0 Å². The van der Waals surface area contributed by atoms with Crippen molar-refractivity contribution in [3.63, 3.8) is 0 Å². The number of carboxylic acid groups (broad SMARTS) is 1. The zero-order valence-corrected chi connectivity index (χ0v) is 18.5. The van der Waals surface area contributed by atoms with Crippen molar-refractivity contribution >= 4 is 39.3 Å². The number of aromatic nitrogens is 3. The highest BCUT2D eigenvalue weighted by molar-refractivity contribution is 9.10. The second kappa shape index (κ2) is 9.36. The second-order valence-corrected chi connectivity index (χ2v) is 8.33. The molecule has 1 aliphatic rings. The van der Waals surface area contributed by atoms with Crippen LogP contribution in [0.5, 0.6) is 11.6 Å². The Balaban J connectivity index is 1.69. The van der Waals surface area contributed by atoms with Crippen molar-refractivity contribution in [3.05, 3.63) is 65.2 Å². The van der Waals surface area contributed by atoms with Gasteiger partial charge in [-0.2, -0.15) is 4.98 Å². The molecule has 2 N–H and O–H groups in total. The lowest BCUT2D eigenvalue weighted by Crippen LogP contribution is -2.17. The van der Waals surface area contributed by atoms with Crippen molar-refractivity contribution in [2.45, 2.75) is 11.4 Å². The highest BCUT2D eigenvalue weighted by atomic mass is 79.9. The van der Waals surface area contributed by atoms with Gasteiger partial charge in [0.2, 0.25) is 11.0 Å². The van der Waals surface area contributed by atoms with E-state index in [4.69, 9.17) is 14.6 Å². The Morgan fingerprint density at radius 1 is 1.29 bits per heavy atom. The van der Waals surface area contributed by atoms with Gasteiger partial charge in [0.05, 0.1) is 0 Å².